The van der Waals surface area contributed by atoms with Gasteiger partial charge in [-0.15, -0.1) is 0 Å². The molecule has 0 aromatic heterocycles. The first-order valence-corrected chi connectivity index (χ1v) is 2.91. The van der Waals surface area contributed by atoms with E-state index in [4.69, 9.17) is 0 Å². The van der Waals surface area contributed by atoms with Crippen LogP contribution in [0, 0.1) is 0 Å². The molecule has 0 N–H and O–H groups in total. The number of thiocarbonyl (C=S) groups is 1. The Morgan fingerprint density at radius 2 is 2.40 bits per heavy atom. The summed E-state index contributed by atoms with van der Waals surface area (Å²) in [7, 11) is 0. The number of ether oxygens (including phenoxy) is 1. The molecule has 0 aromatic carbocycles. The molecule has 10 heavy (non-hydrogen) atoms. The third kappa shape index (κ3) is 7.87. The average Bonchev–Trinajstić information content (AvgIpc) is 1.85. The van der Waals surface area contributed by atoms with Gasteiger partial charge in [-0.05, 0) is 19.1 Å². The molecule has 50 valence electrons. The van der Waals surface area contributed by atoms with Gasteiger partial charge in [-0.25, -0.2) is 4.99 Å². The second kappa shape index (κ2) is 8.87. The summed E-state index contributed by atoms with van der Waals surface area (Å²) in [5.41, 5.74) is 0. The molecule has 0 radical (unpaired) electrons. The van der Waals surface area contributed by atoms with Crippen LogP contribution in [-0.4, -0.2) is 24.3 Å². The third-order valence-electron chi connectivity index (χ3n) is 0.578. The number of hydrogen-bond acceptors (Lipinski definition) is 4. The predicted octanol–water partition coefficient (Wildman–Crippen LogP) is -2.34. The number of carbonyl (C=O) groups excluding carboxylic acids is 1. The summed E-state index contributed by atoms with van der Waals surface area (Å²) in [5.74, 6) is -0.366. The van der Waals surface area contributed by atoms with Crippen molar-refractivity contribution in [2.75, 3.05) is 13.2 Å². The normalized spacial score (nSPS) is 6.90. The van der Waals surface area contributed by atoms with Gasteiger partial charge in [-0.2, -0.15) is 0 Å². The van der Waals surface area contributed by atoms with Gasteiger partial charge >= 0.3 is 24.8 Å². The summed E-state index contributed by atoms with van der Waals surface area (Å²) in [4.78, 5) is 13.8. The molecule has 0 saturated carbocycles. The maximum atomic E-state index is 10.4. The SMILES string of the molecule is CCOC(=O)CN=C=S.[Li+]. The molecule has 0 aliphatic rings. The van der Waals surface area contributed by atoms with Crippen molar-refractivity contribution in [2.24, 2.45) is 4.99 Å². The van der Waals surface area contributed by atoms with Gasteiger partial charge in [0.05, 0.1) is 11.8 Å². The molecule has 0 bridgehead atoms. The summed E-state index contributed by atoms with van der Waals surface area (Å²) in [6, 6.07) is 0. The summed E-state index contributed by atoms with van der Waals surface area (Å²) in [5, 5.41) is 2.06. The zero-order chi connectivity index (χ0) is 7.11. The molecule has 0 aliphatic heterocycles. The van der Waals surface area contributed by atoms with Gasteiger partial charge < -0.3 is 4.74 Å². The van der Waals surface area contributed by atoms with Crippen LogP contribution >= 0.6 is 12.2 Å². The fourth-order valence-corrected chi connectivity index (χ4v) is 0.368. The number of rotatable bonds is 3. The monoisotopic (exact) mass is 152 g/mol. The zero-order valence-corrected chi connectivity index (χ0v) is 6.90. The van der Waals surface area contributed by atoms with E-state index in [9.17, 15) is 4.79 Å². The van der Waals surface area contributed by atoms with E-state index in [2.05, 4.69) is 27.1 Å². The van der Waals surface area contributed by atoms with Crippen LogP contribution in [0.2, 0.25) is 0 Å². The second-order valence-corrected chi connectivity index (χ2v) is 1.40. The van der Waals surface area contributed by atoms with Gasteiger partial charge in [0, 0.05) is 0 Å². The Labute approximate surface area is 77.0 Å². The minimum Gasteiger partial charge on any atom is -0.465 e. The Hall–Kier alpha value is -0.133. The fraction of sp³-hybridized carbons (Fsp3) is 0.600. The van der Waals surface area contributed by atoms with Crippen molar-refractivity contribution < 1.29 is 28.4 Å². The van der Waals surface area contributed by atoms with E-state index < -0.39 is 0 Å². The van der Waals surface area contributed by atoms with Crippen LogP contribution in [0.3, 0.4) is 0 Å². The Morgan fingerprint density at radius 3 is 2.80 bits per heavy atom. The number of hydrogen-bond donors (Lipinski definition) is 0. The van der Waals surface area contributed by atoms with Gasteiger partial charge in [0.25, 0.3) is 0 Å². The van der Waals surface area contributed by atoms with Crippen molar-refractivity contribution in [3.8, 4) is 0 Å². The number of esters is 1. The molecular weight excluding hydrogens is 145 g/mol. The maximum absolute atomic E-state index is 10.4. The summed E-state index contributed by atoms with van der Waals surface area (Å²) < 4.78 is 4.52. The second-order valence-electron chi connectivity index (χ2n) is 1.21. The van der Waals surface area contributed by atoms with E-state index in [1.165, 1.54) is 0 Å². The van der Waals surface area contributed by atoms with Gasteiger partial charge in [-0.3, -0.25) is 4.79 Å². The molecule has 0 unspecified atom stereocenters. The Balaban J connectivity index is 0. The first-order chi connectivity index (χ1) is 4.31. The van der Waals surface area contributed by atoms with Crippen LogP contribution in [0.5, 0.6) is 0 Å². The van der Waals surface area contributed by atoms with Crippen molar-refractivity contribution in [3.63, 3.8) is 0 Å². The molecule has 0 saturated heterocycles. The van der Waals surface area contributed by atoms with Gasteiger partial charge in [0.15, 0.2) is 0 Å². The van der Waals surface area contributed by atoms with Crippen molar-refractivity contribution in [1.82, 2.24) is 0 Å². The maximum Gasteiger partial charge on any atom is 1.00 e. The minimum absolute atomic E-state index is 0. The summed E-state index contributed by atoms with van der Waals surface area (Å²) in [6.45, 7) is 2.10. The largest absolute Gasteiger partial charge is 1.00 e. The van der Waals surface area contributed by atoms with Crippen molar-refractivity contribution in [1.29, 1.82) is 0 Å². The molecule has 3 nitrogen and oxygen atoms in total. The third-order valence-corrected chi connectivity index (χ3v) is 0.707. The van der Waals surface area contributed by atoms with Gasteiger partial charge in [-0.1, -0.05) is 0 Å². The van der Waals surface area contributed by atoms with Crippen LogP contribution < -0.4 is 18.9 Å². The van der Waals surface area contributed by atoms with E-state index in [1.54, 1.807) is 6.92 Å². The van der Waals surface area contributed by atoms with Crippen molar-refractivity contribution in [2.45, 2.75) is 6.92 Å². The van der Waals surface area contributed by atoms with Crippen molar-refractivity contribution in [3.05, 3.63) is 0 Å². The van der Waals surface area contributed by atoms with Gasteiger partial charge in [0.1, 0.15) is 6.54 Å². The Bertz CT molecular complexity index is 145. The first-order valence-electron chi connectivity index (χ1n) is 2.50. The average molecular weight is 152 g/mol. The number of carbonyl (C=O) groups is 1. The fourth-order valence-electron chi connectivity index (χ4n) is 0.303. The molecule has 0 heterocycles. The van der Waals surface area contributed by atoms with Crippen LogP contribution in [0.1, 0.15) is 6.92 Å². The summed E-state index contributed by atoms with van der Waals surface area (Å²) in [6.07, 6.45) is 0. The molecule has 0 aliphatic carbocycles. The van der Waals surface area contributed by atoms with E-state index >= 15 is 0 Å². The molecule has 5 heteroatoms. The molecule has 0 atom stereocenters. The van der Waals surface area contributed by atoms with Gasteiger partial charge in [0.2, 0.25) is 0 Å². The molecule has 0 rings (SSSR count). The van der Waals surface area contributed by atoms with Crippen molar-refractivity contribution >= 4 is 23.3 Å². The molecule has 0 aromatic rings. The molecule has 0 fully saturated rings. The zero-order valence-electron chi connectivity index (χ0n) is 6.09. The molecule has 0 spiro atoms. The Morgan fingerprint density at radius 1 is 1.80 bits per heavy atom. The molecule has 0 amide bonds. The summed E-state index contributed by atoms with van der Waals surface area (Å²) >= 11 is 4.23. The van der Waals surface area contributed by atoms with E-state index in [1.807, 2.05) is 0 Å². The number of isothiocyanates is 1. The standard InChI is InChI=1S/C5H7NO2S.Li/c1-2-8-5(7)3-6-4-9;/h2-3H2,1H3;/q;+1. The molecular formula is C5H7LiNO2S+. The van der Waals surface area contributed by atoms with Crippen LogP contribution in [0.25, 0.3) is 0 Å². The predicted molar refractivity (Wildman–Crippen MR) is 36.5 cm³/mol. The quantitative estimate of drug-likeness (QED) is 0.197. The Kier molecular flexibility index (Phi) is 11.1. The minimum atomic E-state index is -0.366. The first kappa shape index (κ1) is 12.5. The smallest absolute Gasteiger partial charge is 0.465 e. The van der Waals surface area contributed by atoms with E-state index in [-0.39, 0.29) is 31.4 Å². The number of nitrogens with zero attached hydrogens (tertiary/aromatic N) is 1. The van der Waals surface area contributed by atoms with Crippen LogP contribution in [0.15, 0.2) is 4.99 Å². The van der Waals surface area contributed by atoms with Crippen LogP contribution in [0.4, 0.5) is 0 Å². The van der Waals surface area contributed by atoms with E-state index in [0.29, 0.717) is 6.61 Å². The van der Waals surface area contributed by atoms with E-state index in [0.717, 1.165) is 0 Å². The topological polar surface area (TPSA) is 38.7 Å². The number of aliphatic imine (C=N–C) groups is 1. The van der Waals surface area contributed by atoms with Crippen LogP contribution in [-0.2, 0) is 9.53 Å².